The lowest BCUT2D eigenvalue weighted by Crippen LogP contribution is -2.05. The van der Waals surface area contributed by atoms with E-state index in [9.17, 15) is 0 Å². The Morgan fingerprint density at radius 2 is 1.65 bits per heavy atom. The van der Waals surface area contributed by atoms with Crippen molar-refractivity contribution in [2.75, 3.05) is 12.4 Å². The molecule has 0 aliphatic carbocycles. The van der Waals surface area contributed by atoms with Gasteiger partial charge >= 0.3 is 0 Å². The maximum Gasteiger partial charge on any atom is 0.135 e. The van der Waals surface area contributed by atoms with Gasteiger partial charge in [0.05, 0.1) is 0 Å². The summed E-state index contributed by atoms with van der Waals surface area (Å²) in [7, 11) is 1.90. The lowest BCUT2D eigenvalue weighted by molar-refractivity contribution is 0.792. The van der Waals surface area contributed by atoms with Crippen LogP contribution in [-0.2, 0) is 6.42 Å². The van der Waals surface area contributed by atoms with Gasteiger partial charge in [-0.15, -0.1) is 0 Å². The molecule has 1 aromatic carbocycles. The van der Waals surface area contributed by atoms with E-state index in [1.54, 1.807) is 0 Å². The Labute approximate surface area is 121 Å². The summed E-state index contributed by atoms with van der Waals surface area (Å²) in [5.74, 6) is 2.18. The minimum atomic E-state index is 0.406. The minimum absolute atomic E-state index is 0.406. The second kappa shape index (κ2) is 6.04. The van der Waals surface area contributed by atoms with Gasteiger partial charge in [-0.2, -0.15) is 0 Å². The molecule has 0 aliphatic rings. The van der Waals surface area contributed by atoms with E-state index >= 15 is 0 Å². The van der Waals surface area contributed by atoms with Crippen LogP contribution in [0, 0.1) is 13.8 Å². The fourth-order valence-electron chi connectivity index (χ4n) is 2.37. The highest BCUT2D eigenvalue weighted by Crippen LogP contribution is 2.18. The summed E-state index contributed by atoms with van der Waals surface area (Å²) in [4.78, 5) is 9.25. The Hall–Kier alpha value is -1.90. The van der Waals surface area contributed by atoms with Gasteiger partial charge in [-0.05, 0) is 25.3 Å². The Balaban J connectivity index is 2.34. The summed E-state index contributed by atoms with van der Waals surface area (Å²) in [6, 6.07) is 8.62. The zero-order chi connectivity index (χ0) is 14.7. The molecule has 0 bridgehead atoms. The standard InChI is InChI=1S/C17H23N3/c1-11(2)15-10-16(18-5)20-17(19-15)9-14-7-12(3)6-13(4)8-14/h6-8,10-11H,9H2,1-5H3,(H,18,19,20). The van der Waals surface area contributed by atoms with Crippen LogP contribution >= 0.6 is 0 Å². The molecule has 0 unspecified atom stereocenters. The molecular formula is C17H23N3. The smallest absolute Gasteiger partial charge is 0.135 e. The molecule has 1 aromatic heterocycles. The maximum atomic E-state index is 4.68. The largest absolute Gasteiger partial charge is 0.373 e. The van der Waals surface area contributed by atoms with Crippen LogP contribution in [0.4, 0.5) is 5.82 Å². The minimum Gasteiger partial charge on any atom is -0.373 e. The van der Waals surface area contributed by atoms with Crippen LogP contribution in [0.2, 0.25) is 0 Å². The highest BCUT2D eigenvalue weighted by molar-refractivity contribution is 5.37. The normalized spacial score (nSPS) is 10.9. The summed E-state index contributed by atoms with van der Waals surface area (Å²) in [6.45, 7) is 8.56. The van der Waals surface area contributed by atoms with Gasteiger partial charge in [0.2, 0.25) is 0 Å². The summed E-state index contributed by atoms with van der Waals surface area (Å²) < 4.78 is 0. The Kier molecular flexibility index (Phi) is 4.38. The molecule has 106 valence electrons. The van der Waals surface area contributed by atoms with Crippen LogP contribution < -0.4 is 5.32 Å². The number of nitrogens with zero attached hydrogens (tertiary/aromatic N) is 2. The number of hydrogen-bond donors (Lipinski definition) is 1. The molecule has 0 aliphatic heterocycles. The molecule has 1 N–H and O–H groups in total. The average molecular weight is 269 g/mol. The fourth-order valence-corrected chi connectivity index (χ4v) is 2.37. The van der Waals surface area contributed by atoms with Gasteiger partial charge in [-0.1, -0.05) is 43.2 Å². The molecular weight excluding hydrogens is 246 g/mol. The van der Waals surface area contributed by atoms with E-state index in [-0.39, 0.29) is 0 Å². The molecule has 2 rings (SSSR count). The van der Waals surface area contributed by atoms with Crippen LogP contribution in [-0.4, -0.2) is 17.0 Å². The topological polar surface area (TPSA) is 37.8 Å². The van der Waals surface area contributed by atoms with Gasteiger partial charge in [0.15, 0.2) is 0 Å². The fraction of sp³-hybridized carbons (Fsp3) is 0.412. The van der Waals surface area contributed by atoms with E-state index in [4.69, 9.17) is 0 Å². The van der Waals surface area contributed by atoms with Crippen molar-refractivity contribution in [3.8, 4) is 0 Å². The predicted molar refractivity (Wildman–Crippen MR) is 84.4 cm³/mol. The third-order valence-electron chi connectivity index (χ3n) is 3.28. The quantitative estimate of drug-likeness (QED) is 0.916. The SMILES string of the molecule is CNc1cc(C(C)C)nc(Cc2cc(C)cc(C)c2)n1. The molecule has 3 nitrogen and oxygen atoms in total. The van der Waals surface area contributed by atoms with Crippen molar-refractivity contribution in [3.05, 3.63) is 52.5 Å². The van der Waals surface area contributed by atoms with Crippen molar-refractivity contribution in [2.24, 2.45) is 0 Å². The van der Waals surface area contributed by atoms with E-state index in [0.29, 0.717) is 5.92 Å². The number of aryl methyl sites for hydroxylation is 2. The van der Waals surface area contributed by atoms with Gasteiger partial charge in [0.25, 0.3) is 0 Å². The van der Waals surface area contributed by atoms with E-state index in [2.05, 4.69) is 61.2 Å². The number of hydrogen-bond acceptors (Lipinski definition) is 3. The highest BCUT2D eigenvalue weighted by Gasteiger charge is 2.08. The van der Waals surface area contributed by atoms with Crippen LogP contribution in [0.15, 0.2) is 24.3 Å². The van der Waals surface area contributed by atoms with Crippen LogP contribution in [0.25, 0.3) is 0 Å². The number of benzene rings is 1. The van der Waals surface area contributed by atoms with E-state index in [1.807, 2.05) is 13.1 Å². The molecule has 0 spiro atoms. The third kappa shape index (κ3) is 3.56. The summed E-state index contributed by atoms with van der Waals surface area (Å²) in [5.41, 5.74) is 4.93. The molecule has 2 aromatic rings. The first-order chi connectivity index (χ1) is 9.47. The van der Waals surface area contributed by atoms with Crippen molar-refractivity contribution in [3.63, 3.8) is 0 Å². The molecule has 0 atom stereocenters. The van der Waals surface area contributed by atoms with E-state index in [0.717, 1.165) is 23.8 Å². The summed E-state index contributed by atoms with van der Waals surface area (Å²) >= 11 is 0. The lowest BCUT2D eigenvalue weighted by Gasteiger charge is -2.11. The third-order valence-corrected chi connectivity index (χ3v) is 3.28. The second-order valence-electron chi connectivity index (χ2n) is 5.67. The highest BCUT2D eigenvalue weighted by atomic mass is 15.0. The molecule has 0 fully saturated rings. The first kappa shape index (κ1) is 14.5. The first-order valence-corrected chi connectivity index (χ1v) is 7.10. The van der Waals surface area contributed by atoms with Crippen molar-refractivity contribution in [1.29, 1.82) is 0 Å². The van der Waals surface area contributed by atoms with Gasteiger partial charge in [-0.25, -0.2) is 9.97 Å². The van der Waals surface area contributed by atoms with Gasteiger partial charge in [0, 0.05) is 25.2 Å². The van der Waals surface area contributed by atoms with Crippen LogP contribution in [0.5, 0.6) is 0 Å². The Morgan fingerprint density at radius 1 is 1.00 bits per heavy atom. The number of nitrogens with one attached hydrogen (secondary N) is 1. The molecule has 0 saturated heterocycles. The van der Waals surface area contributed by atoms with Crippen LogP contribution in [0.3, 0.4) is 0 Å². The van der Waals surface area contributed by atoms with Crippen molar-refractivity contribution < 1.29 is 0 Å². The predicted octanol–water partition coefficient (Wildman–Crippen LogP) is 3.85. The monoisotopic (exact) mass is 269 g/mol. The number of anilines is 1. The molecule has 0 radical (unpaired) electrons. The van der Waals surface area contributed by atoms with Crippen molar-refractivity contribution in [1.82, 2.24) is 9.97 Å². The Morgan fingerprint density at radius 3 is 2.20 bits per heavy atom. The van der Waals surface area contributed by atoms with Crippen molar-refractivity contribution >= 4 is 5.82 Å². The summed E-state index contributed by atoms with van der Waals surface area (Å²) in [6.07, 6.45) is 0.776. The second-order valence-corrected chi connectivity index (χ2v) is 5.67. The number of rotatable bonds is 4. The van der Waals surface area contributed by atoms with Gasteiger partial charge in [-0.3, -0.25) is 0 Å². The zero-order valence-corrected chi connectivity index (χ0v) is 13.0. The van der Waals surface area contributed by atoms with Gasteiger partial charge < -0.3 is 5.32 Å². The molecule has 3 heteroatoms. The zero-order valence-electron chi connectivity index (χ0n) is 13.0. The van der Waals surface area contributed by atoms with Gasteiger partial charge in [0.1, 0.15) is 11.6 Å². The molecule has 0 saturated carbocycles. The maximum absolute atomic E-state index is 4.68. The first-order valence-electron chi connectivity index (χ1n) is 7.10. The number of aromatic nitrogens is 2. The average Bonchev–Trinajstić information content (AvgIpc) is 2.36. The van der Waals surface area contributed by atoms with Crippen molar-refractivity contribution in [2.45, 2.75) is 40.0 Å². The van der Waals surface area contributed by atoms with E-state index in [1.165, 1.54) is 16.7 Å². The van der Waals surface area contributed by atoms with E-state index < -0.39 is 0 Å². The molecule has 20 heavy (non-hydrogen) atoms. The molecule has 0 amide bonds. The summed E-state index contributed by atoms with van der Waals surface area (Å²) in [5, 5.41) is 3.12. The molecule has 1 heterocycles. The Bertz CT molecular complexity index is 583. The lowest BCUT2D eigenvalue weighted by atomic mass is 10.0. The van der Waals surface area contributed by atoms with Crippen LogP contribution in [0.1, 0.15) is 48.0 Å².